The molecule has 0 saturated heterocycles. The van der Waals surface area contributed by atoms with Crippen molar-refractivity contribution in [1.29, 1.82) is 0 Å². The Morgan fingerprint density at radius 3 is 3.00 bits per heavy atom. The zero-order chi connectivity index (χ0) is 16.1. The molecule has 0 N–H and O–H groups in total. The number of methoxy groups -OCH3 is 1. The molecule has 0 radical (unpaired) electrons. The highest BCUT2D eigenvalue weighted by molar-refractivity contribution is 5.86. The first kappa shape index (κ1) is 14.6. The molecule has 0 spiro atoms. The molecule has 0 fully saturated rings. The van der Waals surface area contributed by atoms with Crippen molar-refractivity contribution in [3.05, 3.63) is 54.4 Å². The summed E-state index contributed by atoms with van der Waals surface area (Å²) in [4.78, 5) is 23.6. The summed E-state index contributed by atoms with van der Waals surface area (Å²) < 4.78 is 15.3. The molecular weight excluding hydrogens is 300 g/mol. The number of hydrogen-bond acceptors (Lipinski definition) is 8. The number of aromatic nitrogens is 4. The fraction of sp³-hybridized carbons (Fsp3) is 0.133. The Morgan fingerprint density at radius 1 is 1.30 bits per heavy atom. The normalized spacial score (nSPS) is 10.3. The maximum absolute atomic E-state index is 11.7. The molecule has 0 bridgehead atoms. The van der Waals surface area contributed by atoms with E-state index in [-0.39, 0.29) is 18.2 Å². The lowest BCUT2D eigenvalue weighted by atomic mass is 10.2. The Bertz CT molecular complexity index is 804. The van der Waals surface area contributed by atoms with E-state index in [1.807, 2.05) is 18.2 Å². The van der Waals surface area contributed by atoms with E-state index in [1.165, 1.54) is 18.6 Å². The highest BCUT2D eigenvalue weighted by atomic mass is 16.6. The Balaban J connectivity index is 1.66. The second kappa shape index (κ2) is 6.65. The first-order valence-electron chi connectivity index (χ1n) is 6.66. The highest BCUT2D eigenvalue weighted by Crippen LogP contribution is 2.21. The molecule has 2 heterocycles. The first-order chi connectivity index (χ1) is 11.3. The van der Waals surface area contributed by atoms with Gasteiger partial charge in [-0.2, -0.15) is 4.98 Å². The molecule has 8 nitrogen and oxygen atoms in total. The number of nitrogens with zero attached hydrogens (tertiary/aromatic N) is 4. The van der Waals surface area contributed by atoms with Gasteiger partial charge in [-0.1, -0.05) is 17.3 Å². The summed E-state index contributed by atoms with van der Waals surface area (Å²) in [6, 6.07) is 7.23. The number of hydrogen-bond donors (Lipinski definition) is 0. The van der Waals surface area contributed by atoms with Crippen LogP contribution < -0.4 is 4.74 Å². The SMILES string of the molecule is COc1cccc(-c2noc(COC(=O)c3cnccn3)n2)c1. The van der Waals surface area contributed by atoms with Crippen LogP contribution in [0.25, 0.3) is 11.4 Å². The van der Waals surface area contributed by atoms with E-state index in [0.717, 1.165) is 5.56 Å². The van der Waals surface area contributed by atoms with Gasteiger partial charge in [0.15, 0.2) is 12.3 Å². The molecule has 1 aromatic carbocycles. The predicted molar refractivity (Wildman–Crippen MR) is 77.4 cm³/mol. The second-order valence-corrected chi connectivity index (χ2v) is 4.41. The lowest BCUT2D eigenvalue weighted by Gasteiger charge is -2.00. The van der Waals surface area contributed by atoms with Crippen LogP contribution in [0.15, 0.2) is 47.4 Å². The van der Waals surface area contributed by atoms with E-state index < -0.39 is 5.97 Å². The Labute approximate surface area is 131 Å². The van der Waals surface area contributed by atoms with Crippen LogP contribution in [0.4, 0.5) is 0 Å². The third-order valence-corrected chi connectivity index (χ3v) is 2.90. The van der Waals surface area contributed by atoms with Gasteiger partial charge in [0.1, 0.15) is 5.75 Å². The highest BCUT2D eigenvalue weighted by Gasteiger charge is 2.13. The third-order valence-electron chi connectivity index (χ3n) is 2.90. The van der Waals surface area contributed by atoms with Crippen LogP contribution in [0.5, 0.6) is 5.75 Å². The lowest BCUT2D eigenvalue weighted by molar-refractivity contribution is 0.0422. The molecule has 0 aliphatic carbocycles. The summed E-state index contributed by atoms with van der Waals surface area (Å²) in [6.45, 7) is -0.146. The minimum absolute atomic E-state index is 0.111. The summed E-state index contributed by atoms with van der Waals surface area (Å²) in [6.07, 6.45) is 4.19. The van der Waals surface area contributed by atoms with Crippen LogP contribution in [0.2, 0.25) is 0 Å². The number of carbonyl (C=O) groups excluding carboxylic acids is 1. The maximum Gasteiger partial charge on any atom is 0.359 e. The molecule has 23 heavy (non-hydrogen) atoms. The molecule has 116 valence electrons. The van der Waals surface area contributed by atoms with Crippen molar-refractivity contribution < 1.29 is 18.8 Å². The molecule has 3 aromatic rings. The molecular formula is C15H12N4O4. The first-order valence-corrected chi connectivity index (χ1v) is 6.66. The standard InChI is InChI=1S/C15H12N4O4/c1-21-11-4-2-3-10(7-11)14-18-13(23-19-14)9-22-15(20)12-8-16-5-6-17-12/h2-8H,9H2,1H3. The minimum Gasteiger partial charge on any atom is -0.497 e. The van der Waals surface area contributed by atoms with Crippen molar-refractivity contribution in [3.8, 4) is 17.1 Å². The third kappa shape index (κ3) is 3.49. The summed E-state index contributed by atoms with van der Waals surface area (Å²) in [7, 11) is 1.58. The minimum atomic E-state index is -0.612. The molecule has 0 unspecified atom stereocenters. The molecule has 0 saturated carbocycles. The molecule has 2 aromatic heterocycles. The van der Waals surface area contributed by atoms with Crippen molar-refractivity contribution in [2.75, 3.05) is 7.11 Å². The van der Waals surface area contributed by atoms with E-state index >= 15 is 0 Å². The van der Waals surface area contributed by atoms with E-state index in [2.05, 4.69) is 20.1 Å². The van der Waals surface area contributed by atoms with Gasteiger partial charge in [0.05, 0.1) is 13.3 Å². The molecule has 3 rings (SSSR count). The van der Waals surface area contributed by atoms with Gasteiger partial charge in [-0.05, 0) is 12.1 Å². The molecule has 8 heteroatoms. The van der Waals surface area contributed by atoms with Gasteiger partial charge in [-0.3, -0.25) is 4.98 Å². The molecule has 0 atom stereocenters. The number of ether oxygens (including phenoxy) is 2. The van der Waals surface area contributed by atoms with Gasteiger partial charge >= 0.3 is 5.97 Å². The number of rotatable bonds is 5. The largest absolute Gasteiger partial charge is 0.497 e. The van der Waals surface area contributed by atoms with Crippen molar-refractivity contribution in [2.24, 2.45) is 0 Å². The molecule has 0 amide bonds. The zero-order valence-corrected chi connectivity index (χ0v) is 12.2. The number of carbonyl (C=O) groups is 1. The molecule has 0 aliphatic heterocycles. The van der Waals surface area contributed by atoms with E-state index in [1.54, 1.807) is 13.2 Å². The predicted octanol–water partition coefficient (Wildman–Crippen LogP) is 1.89. The smallest absolute Gasteiger partial charge is 0.359 e. The van der Waals surface area contributed by atoms with Gasteiger partial charge in [0, 0.05) is 18.0 Å². The van der Waals surface area contributed by atoms with Crippen LogP contribution in [-0.2, 0) is 11.3 Å². The van der Waals surface area contributed by atoms with Crippen molar-refractivity contribution in [3.63, 3.8) is 0 Å². The summed E-state index contributed by atoms with van der Waals surface area (Å²) in [5.74, 6) is 0.636. The van der Waals surface area contributed by atoms with E-state index in [0.29, 0.717) is 11.6 Å². The lowest BCUT2D eigenvalue weighted by Crippen LogP contribution is -2.07. The van der Waals surface area contributed by atoms with Crippen LogP contribution in [0.1, 0.15) is 16.4 Å². The summed E-state index contributed by atoms with van der Waals surface area (Å²) in [5.41, 5.74) is 0.847. The van der Waals surface area contributed by atoms with Crippen LogP contribution >= 0.6 is 0 Å². The van der Waals surface area contributed by atoms with Crippen molar-refractivity contribution in [2.45, 2.75) is 6.61 Å². The Hall–Kier alpha value is -3.29. The second-order valence-electron chi connectivity index (χ2n) is 4.41. The Morgan fingerprint density at radius 2 is 2.22 bits per heavy atom. The van der Waals surface area contributed by atoms with Crippen LogP contribution in [0, 0.1) is 0 Å². The summed E-state index contributed by atoms with van der Waals surface area (Å²) in [5, 5.41) is 3.85. The topological polar surface area (TPSA) is 100 Å². The van der Waals surface area contributed by atoms with Gasteiger partial charge in [-0.25, -0.2) is 9.78 Å². The van der Waals surface area contributed by atoms with Gasteiger partial charge in [0.25, 0.3) is 5.89 Å². The maximum atomic E-state index is 11.7. The van der Waals surface area contributed by atoms with Crippen LogP contribution in [-0.4, -0.2) is 33.2 Å². The van der Waals surface area contributed by atoms with E-state index in [4.69, 9.17) is 14.0 Å². The molecule has 0 aliphatic rings. The Kier molecular flexibility index (Phi) is 4.23. The quantitative estimate of drug-likeness (QED) is 0.658. The van der Waals surface area contributed by atoms with Crippen molar-refractivity contribution in [1.82, 2.24) is 20.1 Å². The van der Waals surface area contributed by atoms with Gasteiger partial charge in [0.2, 0.25) is 5.82 Å². The monoisotopic (exact) mass is 312 g/mol. The van der Waals surface area contributed by atoms with Gasteiger partial charge < -0.3 is 14.0 Å². The number of benzene rings is 1. The zero-order valence-electron chi connectivity index (χ0n) is 12.2. The van der Waals surface area contributed by atoms with Crippen molar-refractivity contribution >= 4 is 5.97 Å². The van der Waals surface area contributed by atoms with Gasteiger partial charge in [-0.15, -0.1) is 0 Å². The average Bonchev–Trinajstić information content (AvgIpc) is 3.09. The number of esters is 1. The van der Waals surface area contributed by atoms with Crippen LogP contribution in [0.3, 0.4) is 0 Å². The summed E-state index contributed by atoms with van der Waals surface area (Å²) >= 11 is 0. The average molecular weight is 312 g/mol. The fourth-order valence-corrected chi connectivity index (χ4v) is 1.80. The van der Waals surface area contributed by atoms with E-state index in [9.17, 15) is 4.79 Å². The fourth-order valence-electron chi connectivity index (χ4n) is 1.80.